The van der Waals surface area contributed by atoms with Gasteiger partial charge in [-0.3, -0.25) is 0 Å². The van der Waals surface area contributed by atoms with Crippen molar-refractivity contribution in [3.63, 3.8) is 0 Å². The van der Waals surface area contributed by atoms with Crippen molar-refractivity contribution in [2.45, 2.75) is 38.1 Å². The number of hydrogen-bond donors (Lipinski definition) is 2. The van der Waals surface area contributed by atoms with Crippen LogP contribution in [0.25, 0.3) is 0 Å². The van der Waals surface area contributed by atoms with Gasteiger partial charge in [-0.15, -0.1) is 11.3 Å². The average molecular weight is 317 g/mol. The van der Waals surface area contributed by atoms with Crippen molar-refractivity contribution >= 4 is 33.3 Å². The molecule has 0 saturated heterocycles. The summed E-state index contributed by atoms with van der Waals surface area (Å²) in [5.41, 5.74) is 0. The Kier molecular flexibility index (Phi) is 4.86. The van der Waals surface area contributed by atoms with Crippen molar-refractivity contribution in [3.05, 3.63) is 20.8 Å². The smallest absolute Gasteiger partial charge is 0.315 e. The van der Waals surface area contributed by atoms with Gasteiger partial charge in [0.05, 0.1) is 3.79 Å². The first-order valence-electron chi connectivity index (χ1n) is 6.02. The molecule has 94 valence electrons. The molecule has 0 aromatic carbocycles. The van der Waals surface area contributed by atoms with E-state index in [1.54, 1.807) is 11.3 Å². The highest BCUT2D eigenvalue weighted by atomic mass is 79.9. The maximum absolute atomic E-state index is 11.6. The molecule has 0 radical (unpaired) electrons. The number of thiophene rings is 1. The van der Waals surface area contributed by atoms with Crippen LogP contribution in [0.15, 0.2) is 15.9 Å². The lowest BCUT2D eigenvalue weighted by Crippen LogP contribution is -2.41. The third kappa shape index (κ3) is 4.32. The van der Waals surface area contributed by atoms with Crippen LogP contribution < -0.4 is 10.6 Å². The number of nitrogens with one attached hydrogen (secondary N) is 2. The molecule has 0 spiro atoms. The fourth-order valence-corrected chi connectivity index (χ4v) is 3.57. The van der Waals surface area contributed by atoms with E-state index in [1.807, 2.05) is 6.07 Å². The second-order valence-electron chi connectivity index (χ2n) is 4.34. The summed E-state index contributed by atoms with van der Waals surface area (Å²) >= 11 is 5.15. The van der Waals surface area contributed by atoms with Gasteiger partial charge in [0.15, 0.2) is 0 Å². The van der Waals surface area contributed by atoms with Gasteiger partial charge in [-0.1, -0.05) is 12.8 Å². The van der Waals surface area contributed by atoms with E-state index in [2.05, 4.69) is 32.6 Å². The Balaban J connectivity index is 1.62. The van der Waals surface area contributed by atoms with Crippen LogP contribution in [0.2, 0.25) is 0 Å². The highest BCUT2D eigenvalue weighted by molar-refractivity contribution is 9.11. The van der Waals surface area contributed by atoms with Crippen molar-refractivity contribution in [1.82, 2.24) is 10.6 Å². The molecule has 0 atom stereocenters. The zero-order chi connectivity index (χ0) is 12.1. The molecule has 1 aromatic rings. The van der Waals surface area contributed by atoms with Gasteiger partial charge in [0, 0.05) is 17.5 Å². The zero-order valence-electron chi connectivity index (χ0n) is 9.67. The first-order chi connectivity index (χ1) is 8.24. The number of rotatable bonds is 4. The standard InChI is InChI=1S/C12H17BrN2OS/c13-11-6-5-10(17-11)7-8-14-12(16)15-9-3-1-2-4-9/h5-6,9H,1-4,7-8H2,(H2,14,15,16). The predicted molar refractivity (Wildman–Crippen MR) is 74.5 cm³/mol. The highest BCUT2D eigenvalue weighted by Gasteiger charge is 2.16. The molecule has 3 nitrogen and oxygen atoms in total. The van der Waals surface area contributed by atoms with E-state index in [9.17, 15) is 4.79 Å². The summed E-state index contributed by atoms with van der Waals surface area (Å²) in [7, 11) is 0. The molecule has 2 rings (SSSR count). The molecule has 0 aliphatic heterocycles. The summed E-state index contributed by atoms with van der Waals surface area (Å²) in [6.07, 6.45) is 5.65. The van der Waals surface area contributed by atoms with Crippen LogP contribution >= 0.6 is 27.3 Å². The topological polar surface area (TPSA) is 41.1 Å². The molecule has 1 saturated carbocycles. The fraction of sp³-hybridized carbons (Fsp3) is 0.583. The first-order valence-corrected chi connectivity index (χ1v) is 7.63. The van der Waals surface area contributed by atoms with Crippen LogP contribution in [0.3, 0.4) is 0 Å². The third-order valence-electron chi connectivity index (χ3n) is 2.98. The molecular weight excluding hydrogens is 300 g/mol. The Bertz CT molecular complexity index is 374. The minimum Gasteiger partial charge on any atom is -0.338 e. The minimum absolute atomic E-state index is 0.0208. The number of carbonyl (C=O) groups excluding carboxylic acids is 1. The van der Waals surface area contributed by atoms with Gasteiger partial charge in [0.2, 0.25) is 0 Å². The summed E-state index contributed by atoms with van der Waals surface area (Å²) in [6, 6.07) is 4.50. The van der Waals surface area contributed by atoms with Crippen molar-refractivity contribution in [2.24, 2.45) is 0 Å². The van der Waals surface area contributed by atoms with Gasteiger partial charge in [-0.25, -0.2) is 4.79 Å². The molecular formula is C12H17BrN2OS. The third-order valence-corrected chi connectivity index (χ3v) is 4.66. The second-order valence-corrected chi connectivity index (χ2v) is 6.89. The van der Waals surface area contributed by atoms with Crippen molar-refractivity contribution < 1.29 is 4.79 Å². The van der Waals surface area contributed by atoms with Gasteiger partial charge < -0.3 is 10.6 Å². The fourth-order valence-electron chi connectivity index (χ4n) is 2.09. The van der Waals surface area contributed by atoms with E-state index in [0.717, 1.165) is 23.0 Å². The Hall–Kier alpha value is -0.550. The Labute approximate surface area is 114 Å². The number of carbonyl (C=O) groups is 1. The molecule has 17 heavy (non-hydrogen) atoms. The SMILES string of the molecule is O=C(NCCc1ccc(Br)s1)NC1CCCC1. The number of urea groups is 1. The van der Waals surface area contributed by atoms with E-state index in [1.165, 1.54) is 17.7 Å². The highest BCUT2D eigenvalue weighted by Crippen LogP contribution is 2.22. The van der Waals surface area contributed by atoms with E-state index >= 15 is 0 Å². The monoisotopic (exact) mass is 316 g/mol. The van der Waals surface area contributed by atoms with Crippen LogP contribution in [0, 0.1) is 0 Å². The molecule has 2 N–H and O–H groups in total. The second kappa shape index (κ2) is 6.40. The molecule has 2 amide bonds. The lowest BCUT2D eigenvalue weighted by molar-refractivity contribution is 0.237. The van der Waals surface area contributed by atoms with E-state index in [0.29, 0.717) is 12.6 Å². The largest absolute Gasteiger partial charge is 0.338 e. The number of hydrogen-bond acceptors (Lipinski definition) is 2. The Morgan fingerprint density at radius 3 is 2.82 bits per heavy atom. The Morgan fingerprint density at radius 1 is 1.41 bits per heavy atom. The van der Waals surface area contributed by atoms with Gasteiger partial charge >= 0.3 is 6.03 Å². The zero-order valence-corrected chi connectivity index (χ0v) is 12.1. The quantitative estimate of drug-likeness (QED) is 0.879. The minimum atomic E-state index is -0.0208. The molecule has 1 aliphatic carbocycles. The van der Waals surface area contributed by atoms with E-state index < -0.39 is 0 Å². The van der Waals surface area contributed by atoms with Crippen LogP contribution in [-0.4, -0.2) is 18.6 Å². The first kappa shape index (κ1) is 12.9. The van der Waals surface area contributed by atoms with Crippen LogP contribution in [0.4, 0.5) is 4.79 Å². The molecule has 1 aliphatic rings. The lowest BCUT2D eigenvalue weighted by atomic mass is 10.2. The lowest BCUT2D eigenvalue weighted by Gasteiger charge is -2.12. The molecule has 1 heterocycles. The normalized spacial score (nSPS) is 16.1. The van der Waals surface area contributed by atoms with Crippen molar-refractivity contribution in [2.75, 3.05) is 6.54 Å². The van der Waals surface area contributed by atoms with Crippen molar-refractivity contribution in [1.29, 1.82) is 0 Å². The summed E-state index contributed by atoms with van der Waals surface area (Å²) in [4.78, 5) is 12.9. The van der Waals surface area contributed by atoms with Crippen molar-refractivity contribution in [3.8, 4) is 0 Å². The van der Waals surface area contributed by atoms with Gasteiger partial charge in [-0.2, -0.15) is 0 Å². The average Bonchev–Trinajstić information content (AvgIpc) is 2.90. The predicted octanol–water partition coefficient (Wildman–Crippen LogP) is 3.29. The summed E-state index contributed by atoms with van der Waals surface area (Å²) < 4.78 is 1.14. The molecule has 0 unspecified atom stereocenters. The van der Waals surface area contributed by atoms with Gasteiger partial charge in [0.25, 0.3) is 0 Å². The summed E-state index contributed by atoms with van der Waals surface area (Å²) in [5.74, 6) is 0. The van der Waals surface area contributed by atoms with Crippen LogP contribution in [-0.2, 0) is 6.42 Å². The molecule has 5 heteroatoms. The van der Waals surface area contributed by atoms with Gasteiger partial charge in [0.1, 0.15) is 0 Å². The molecule has 0 bridgehead atoms. The van der Waals surface area contributed by atoms with Crippen LogP contribution in [0.1, 0.15) is 30.6 Å². The molecule has 1 aromatic heterocycles. The number of halogens is 1. The number of amides is 2. The summed E-state index contributed by atoms with van der Waals surface area (Å²) in [6.45, 7) is 0.700. The van der Waals surface area contributed by atoms with E-state index in [4.69, 9.17) is 0 Å². The summed E-state index contributed by atoms with van der Waals surface area (Å²) in [5, 5.41) is 5.92. The Morgan fingerprint density at radius 2 is 2.18 bits per heavy atom. The molecule has 1 fully saturated rings. The van der Waals surface area contributed by atoms with Crippen LogP contribution in [0.5, 0.6) is 0 Å². The maximum atomic E-state index is 11.6. The maximum Gasteiger partial charge on any atom is 0.315 e. The van der Waals surface area contributed by atoms with Gasteiger partial charge in [-0.05, 0) is 47.3 Å². The van der Waals surface area contributed by atoms with E-state index in [-0.39, 0.29) is 6.03 Å².